The molecule has 1 aromatic carbocycles. The molecule has 1 unspecified atom stereocenters. The predicted molar refractivity (Wildman–Crippen MR) is 91.7 cm³/mol. The van der Waals surface area contributed by atoms with E-state index >= 15 is 0 Å². The van der Waals surface area contributed by atoms with Crippen LogP contribution in [0, 0.1) is 10.1 Å². The van der Waals surface area contributed by atoms with Crippen LogP contribution in [0.15, 0.2) is 18.2 Å². The van der Waals surface area contributed by atoms with Gasteiger partial charge in [-0.05, 0) is 44.8 Å². The summed E-state index contributed by atoms with van der Waals surface area (Å²) in [4.78, 5) is 15.0. The van der Waals surface area contributed by atoms with Crippen LogP contribution in [-0.4, -0.2) is 60.4 Å². The van der Waals surface area contributed by atoms with E-state index < -0.39 is 11.0 Å². The summed E-state index contributed by atoms with van der Waals surface area (Å²) in [6, 6.07) is 4.74. The highest BCUT2D eigenvalue weighted by Gasteiger charge is 2.21. The zero-order valence-electron chi connectivity index (χ0n) is 13.9. The molecule has 0 amide bonds. The van der Waals surface area contributed by atoms with E-state index in [9.17, 15) is 15.2 Å². The van der Waals surface area contributed by atoms with Gasteiger partial charge in [0.05, 0.1) is 16.7 Å². The van der Waals surface area contributed by atoms with Gasteiger partial charge in [0, 0.05) is 25.7 Å². The fraction of sp³-hybridized carbons (Fsp3) is 0.647. The maximum absolute atomic E-state index is 11.0. The summed E-state index contributed by atoms with van der Waals surface area (Å²) in [5, 5.41) is 21.2. The van der Waals surface area contributed by atoms with Crippen molar-refractivity contribution in [2.75, 3.05) is 44.2 Å². The molecule has 0 saturated carbocycles. The third-order valence-electron chi connectivity index (χ3n) is 4.70. The number of nitrogens with zero attached hydrogens (tertiary/aromatic N) is 3. The van der Waals surface area contributed by atoms with Crippen molar-refractivity contribution in [1.29, 1.82) is 0 Å². The van der Waals surface area contributed by atoms with Gasteiger partial charge in [0.1, 0.15) is 18.5 Å². The number of nitro groups is 1. The molecule has 3 rings (SSSR count). The molecule has 0 bridgehead atoms. The van der Waals surface area contributed by atoms with Crippen LogP contribution < -0.4 is 9.64 Å². The maximum Gasteiger partial charge on any atom is 0.273 e. The van der Waals surface area contributed by atoms with E-state index in [1.165, 1.54) is 25.0 Å². The summed E-state index contributed by atoms with van der Waals surface area (Å²) < 4.78 is 5.79. The first-order valence-electron chi connectivity index (χ1n) is 8.70. The van der Waals surface area contributed by atoms with Crippen molar-refractivity contribution in [2.45, 2.75) is 31.8 Å². The second kappa shape index (κ2) is 7.81. The van der Waals surface area contributed by atoms with Gasteiger partial charge in [0.2, 0.25) is 0 Å². The average Bonchev–Trinajstić information content (AvgIpc) is 3.26. The average molecular weight is 335 g/mol. The highest BCUT2D eigenvalue weighted by atomic mass is 16.6. The van der Waals surface area contributed by atoms with E-state index in [1.54, 1.807) is 6.07 Å². The van der Waals surface area contributed by atoms with Gasteiger partial charge in [-0.15, -0.1) is 0 Å². The van der Waals surface area contributed by atoms with Crippen LogP contribution in [-0.2, 0) is 0 Å². The standard InChI is InChI=1S/C17H25N3O4/c21-15(12-18-7-1-2-8-18)13-24-17-11-14(20(22)23)5-6-16(17)19-9-3-4-10-19/h5-6,11,15,21H,1-4,7-10,12-13H2. The zero-order chi connectivity index (χ0) is 16.9. The maximum atomic E-state index is 11.0. The van der Waals surface area contributed by atoms with Crippen LogP contribution in [0.5, 0.6) is 5.75 Å². The molecule has 24 heavy (non-hydrogen) atoms. The quantitative estimate of drug-likeness (QED) is 0.607. The molecule has 7 nitrogen and oxygen atoms in total. The van der Waals surface area contributed by atoms with E-state index in [2.05, 4.69) is 9.80 Å². The number of likely N-dealkylation sites (tertiary alicyclic amines) is 1. The molecule has 132 valence electrons. The van der Waals surface area contributed by atoms with Crippen LogP contribution in [0.1, 0.15) is 25.7 Å². The van der Waals surface area contributed by atoms with Crippen molar-refractivity contribution in [3.63, 3.8) is 0 Å². The van der Waals surface area contributed by atoms with E-state index in [0.717, 1.165) is 44.7 Å². The number of aliphatic hydroxyl groups is 1. The zero-order valence-corrected chi connectivity index (χ0v) is 13.9. The van der Waals surface area contributed by atoms with E-state index in [1.807, 2.05) is 0 Å². The third-order valence-corrected chi connectivity index (χ3v) is 4.70. The lowest BCUT2D eigenvalue weighted by Crippen LogP contribution is -2.33. The minimum Gasteiger partial charge on any atom is -0.488 e. The Balaban J connectivity index is 1.66. The Morgan fingerprint density at radius 3 is 2.50 bits per heavy atom. The number of benzene rings is 1. The van der Waals surface area contributed by atoms with Crippen LogP contribution in [0.4, 0.5) is 11.4 Å². The first kappa shape index (κ1) is 17.0. The van der Waals surface area contributed by atoms with Gasteiger partial charge in [0.15, 0.2) is 0 Å². The second-order valence-corrected chi connectivity index (χ2v) is 6.58. The van der Waals surface area contributed by atoms with Crippen LogP contribution in [0.3, 0.4) is 0 Å². The number of hydrogen-bond acceptors (Lipinski definition) is 6. The van der Waals surface area contributed by atoms with Crippen molar-refractivity contribution in [3.05, 3.63) is 28.3 Å². The van der Waals surface area contributed by atoms with E-state index in [-0.39, 0.29) is 12.3 Å². The number of rotatable bonds is 7. The van der Waals surface area contributed by atoms with Crippen LogP contribution in [0.25, 0.3) is 0 Å². The molecule has 0 aromatic heterocycles. The van der Waals surface area contributed by atoms with Crippen molar-refractivity contribution in [2.24, 2.45) is 0 Å². The van der Waals surface area contributed by atoms with Crippen LogP contribution >= 0.6 is 0 Å². The number of hydrogen-bond donors (Lipinski definition) is 1. The molecule has 2 fully saturated rings. The summed E-state index contributed by atoms with van der Waals surface area (Å²) >= 11 is 0. The Hall–Kier alpha value is -1.86. The molecular formula is C17H25N3O4. The van der Waals surface area contributed by atoms with Gasteiger partial charge in [-0.3, -0.25) is 10.1 Å². The number of β-amino-alcohol motifs (C(OH)–C–C–N with tert-alkyl or cyclic N) is 1. The summed E-state index contributed by atoms with van der Waals surface area (Å²) in [7, 11) is 0. The monoisotopic (exact) mass is 335 g/mol. The molecule has 2 aliphatic heterocycles. The molecule has 2 aliphatic rings. The number of nitro benzene ring substituents is 1. The van der Waals surface area contributed by atoms with E-state index in [0.29, 0.717) is 12.3 Å². The van der Waals surface area contributed by atoms with Gasteiger partial charge in [0.25, 0.3) is 5.69 Å². The number of ether oxygens (including phenoxy) is 1. The number of anilines is 1. The molecule has 1 atom stereocenters. The van der Waals surface area contributed by atoms with Gasteiger partial charge >= 0.3 is 0 Å². The molecule has 1 aromatic rings. The van der Waals surface area contributed by atoms with Gasteiger partial charge in [-0.1, -0.05) is 0 Å². The minimum atomic E-state index is -0.589. The highest BCUT2D eigenvalue weighted by Crippen LogP contribution is 2.34. The van der Waals surface area contributed by atoms with Crippen molar-refractivity contribution < 1.29 is 14.8 Å². The first-order valence-corrected chi connectivity index (χ1v) is 8.70. The van der Waals surface area contributed by atoms with E-state index in [4.69, 9.17) is 4.74 Å². The molecule has 0 spiro atoms. The Kier molecular flexibility index (Phi) is 5.52. The molecule has 2 saturated heterocycles. The first-order chi connectivity index (χ1) is 11.6. The molecule has 7 heteroatoms. The van der Waals surface area contributed by atoms with Gasteiger partial charge < -0.3 is 19.6 Å². The van der Waals surface area contributed by atoms with Gasteiger partial charge in [-0.25, -0.2) is 0 Å². The fourth-order valence-corrected chi connectivity index (χ4v) is 3.45. The summed E-state index contributed by atoms with van der Waals surface area (Å²) in [6.07, 6.45) is 4.01. The Labute approximate surface area is 142 Å². The number of aliphatic hydroxyl groups excluding tert-OH is 1. The summed E-state index contributed by atoms with van der Waals surface area (Å²) in [5.41, 5.74) is 0.897. The van der Waals surface area contributed by atoms with Crippen molar-refractivity contribution in [3.8, 4) is 5.75 Å². The normalized spacial score (nSPS) is 19.6. The lowest BCUT2D eigenvalue weighted by atomic mass is 10.2. The summed E-state index contributed by atoms with van der Waals surface area (Å²) in [5.74, 6) is 0.492. The summed E-state index contributed by atoms with van der Waals surface area (Å²) in [6.45, 7) is 4.65. The Bertz CT molecular complexity index is 569. The molecule has 2 heterocycles. The largest absolute Gasteiger partial charge is 0.488 e. The van der Waals surface area contributed by atoms with Gasteiger partial charge in [-0.2, -0.15) is 0 Å². The van der Waals surface area contributed by atoms with Crippen molar-refractivity contribution >= 4 is 11.4 Å². The SMILES string of the molecule is O=[N+]([O-])c1ccc(N2CCCC2)c(OCC(O)CN2CCCC2)c1. The third kappa shape index (κ3) is 4.15. The smallest absolute Gasteiger partial charge is 0.273 e. The Morgan fingerprint density at radius 1 is 1.17 bits per heavy atom. The second-order valence-electron chi connectivity index (χ2n) is 6.58. The lowest BCUT2D eigenvalue weighted by molar-refractivity contribution is -0.384. The lowest BCUT2D eigenvalue weighted by Gasteiger charge is -2.23. The van der Waals surface area contributed by atoms with Crippen molar-refractivity contribution in [1.82, 2.24) is 4.90 Å². The predicted octanol–water partition coefficient (Wildman–Crippen LogP) is 2.03. The Morgan fingerprint density at radius 2 is 1.83 bits per heavy atom. The molecule has 0 radical (unpaired) electrons. The fourth-order valence-electron chi connectivity index (χ4n) is 3.45. The van der Waals surface area contributed by atoms with Crippen LogP contribution in [0.2, 0.25) is 0 Å². The number of non-ortho nitro benzene ring substituents is 1. The highest BCUT2D eigenvalue weighted by molar-refractivity contribution is 5.62. The molecular weight excluding hydrogens is 310 g/mol. The molecule has 1 N–H and O–H groups in total. The minimum absolute atomic E-state index is 0.0157. The topological polar surface area (TPSA) is 79.1 Å². The molecule has 0 aliphatic carbocycles.